The first-order chi connectivity index (χ1) is 14.0. The van der Waals surface area contributed by atoms with E-state index in [9.17, 15) is 9.18 Å². The summed E-state index contributed by atoms with van der Waals surface area (Å²) >= 11 is 6.09. The number of halogens is 2. The molecule has 0 saturated heterocycles. The highest BCUT2D eigenvalue weighted by molar-refractivity contribution is 6.33. The molecule has 0 heterocycles. The number of rotatable bonds is 7. The van der Waals surface area contributed by atoms with Crippen molar-refractivity contribution in [2.24, 2.45) is 11.8 Å². The summed E-state index contributed by atoms with van der Waals surface area (Å²) in [5, 5.41) is 3.48. The maximum absolute atomic E-state index is 13.7. The molecule has 0 aromatic heterocycles. The third kappa shape index (κ3) is 5.80. The van der Waals surface area contributed by atoms with Gasteiger partial charge in [0.05, 0.1) is 10.6 Å². The van der Waals surface area contributed by atoms with Crippen molar-refractivity contribution < 1.29 is 9.18 Å². The van der Waals surface area contributed by atoms with E-state index < -0.39 is 0 Å². The van der Waals surface area contributed by atoms with Crippen LogP contribution in [0, 0.1) is 17.7 Å². The molecule has 1 unspecified atom stereocenters. The minimum Gasteiger partial charge on any atom is -0.352 e. The van der Waals surface area contributed by atoms with Crippen LogP contribution in [0.4, 0.5) is 4.39 Å². The first kappa shape index (κ1) is 21.8. The van der Waals surface area contributed by atoms with Gasteiger partial charge in [0.15, 0.2) is 0 Å². The Bertz CT molecular complexity index is 818. The number of hydrogen-bond donors (Lipinski definition) is 1. The van der Waals surface area contributed by atoms with E-state index in [-0.39, 0.29) is 17.8 Å². The van der Waals surface area contributed by atoms with Gasteiger partial charge >= 0.3 is 0 Å². The molecule has 29 heavy (non-hydrogen) atoms. The van der Waals surface area contributed by atoms with Gasteiger partial charge in [-0.2, -0.15) is 0 Å². The average molecular weight is 417 g/mol. The number of carbonyl (C=O) groups is 1. The van der Waals surface area contributed by atoms with Crippen molar-refractivity contribution in [3.63, 3.8) is 0 Å². The first-order valence-electron chi connectivity index (χ1n) is 10.4. The number of carbonyl (C=O) groups excluding carboxylic acids is 1. The molecule has 1 aliphatic carbocycles. The highest BCUT2D eigenvalue weighted by atomic mass is 35.5. The molecule has 1 saturated carbocycles. The fourth-order valence-electron chi connectivity index (χ4n) is 4.61. The Morgan fingerprint density at radius 3 is 2.52 bits per heavy atom. The fraction of sp³-hybridized carbons (Fsp3) is 0.458. The van der Waals surface area contributed by atoms with Crippen molar-refractivity contribution in [2.75, 3.05) is 20.6 Å². The van der Waals surface area contributed by atoms with Crippen LogP contribution in [0.25, 0.3) is 0 Å². The number of benzene rings is 2. The second-order valence-electron chi connectivity index (χ2n) is 8.27. The largest absolute Gasteiger partial charge is 0.352 e. The van der Waals surface area contributed by atoms with Crippen LogP contribution < -0.4 is 5.32 Å². The lowest BCUT2D eigenvalue weighted by molar-refractivity contribution is 0.0947. The summed E-state index contributed by atoms with van der Waals surface area (Å²) in [7, 11) is 4.15. The Labute approximate surface area is 178 Å². The zero-order chi connectivity index (χ0) is 20.8. The van der Waals surface area contributed by atoms with E-state index in [1.165, 1.54) is 6.07 Å². The zero-order valence-corrected chi connectivity index (χ0v) is 18.0. The molecule has 3 rings (SSSR count). The van der Waals surface area contributed by atoms with Crippen molar-refractivity contribution in [1.29, 1.82) is 0 Å². The normalized spacial score (nSPS) is 20.4. The van der Waals surface area contributed by atoms with Gasteiger partial charge in [-0.25, -0.2) is 4.39 Å². The van der Waals surface area contributed by atoms with Crippen molar-refractivity contribution in [3.05, 3.63) is 70.5 Å². The number of nitrogens with zero attached hydrogens (tertiary/aromatic N) is 1. The first-order valence-corrected chi connectivity index (χ1v) is 10.8. The maximum Gasteiger partial charge on any atom is 0.252 e. The van der Waals surface area contributed by atoms with Crippen LogP contribution in [0.1, 0.15) is 54.1 Å². The van der Waals surface area contributed by atoms with Crippen LogP contribution in [-0.2, 0) is 0 Å². The van der Waals surface area contributed by atoms with Gasteiger partial charge in [0, 0.05) is 12.6 Å². The molecular weight excluding hydrogens is 387 g/mol. The van der Waals surface area contributed by atoms with Crippen molar-refractivity contribution in [3.8, 4) is 0 Å². The van der Waals surface area contributed by atoms with Gasteiger partial charge in [0.2, 0.25) is 0 Å². The molecule has 2 aromatic carbocycles. The topological polar surface area (TPSA) is 32.3 Å². The zero-order valence-electron chi connectivity index (χ0n) is 17.2. The van der Waals surface area contributed by atoms with Crippen molar-refractivity contribution in [1.82, 2.24) is 10.2 Å². The lowest BCUT2D eigenvalue weighted by atomic mass is 9.75. The Balaban J connectivity index is 1.48. The second kappa shape index (κ2) is 10.2. The molecule has 0 spiro atoms. The smallest absolute Gasteiger partial charge is 0.252 e. The molecule has 3 nitrogen and oxygen atoms in total. The van der Waals surface area contributed by atoms with Crippen LogP contribution in [0.2, 0.25) is 5.02 Å². The van der Waals surface area contributed by atoms with Crippen LogP contribution in [-0.4, -0.2) is 31.4 Å². The lowest BCUT2D eigenvalue weighted by Crippen LogP contribution is -2.31. The monoisotopic (exact) mass is 416 g/mol. The molecule has 1 atom stereocenters. The Kier molecular flexibility index (Phi) is 7.68. The molecule has 1 amide bonds. The fourth-order valence-corrected chi connectivity index (χ4v) is 4.83. The third-order valence-electron chi connectivity index (χ3n) is 6.04. The predicted octanol–water partition coefficient (Wildman–Crippen LogP) is 5.71. The Morgan fingerprint density at radius 1 is 1.14 bits per heavy atom. The van der Waals surface area contributed by atoms with Gasteiger partial charge in [0.25, 0.3) is 5.91 Å². The van der Waals surface area contributed by atoms with E-state index in [1.54, 1.807) is 24.3 Å². The number of amides is 1. The second-order valence-corrected chi connectivity index (χ2v) is 8.68. The summed E-state index contributed by atoms with van der Waals surface area (Å²) < 4.78 is 13.7. The van der Waals surface area contributed by atoms with Crippen LogP contribution >= 0.6 is 11.6 Å². The van der Waals surface area contributed by atoms with E-state index in [1.807, 2.05) is 18.2 Å². The Morgan fingerprint density at radius 2 is 1.86 bits per heavy atom. The molecule has 0 bridgehead atoms. The van der Waals surface area contributed by atoms with Gasteiger partial charge in [-0.05, 0) is 75.0 Å². The lowest BCUT2D eigenvalue weighted by Gasteiger charge is -2.37. The summed E-state index contributed by atoms with van der Waals surface area (Å²) in [6.45, 7) is 0.667. The van der Waals surface area contributed by atoms with E-state index in [0.29, 0.717) is 29.0 Å². The van der Waals surface area contributed by atoms with E-state index in [4.69, 9.17) is 11.6 Å². The number of nitrogens with one attached hydrogen (secondary N) is 1. The van der Waals surface area contributed by atoms with Crippen LogP contribution in [0.15, 0.2) is 48.5 Å². The minimum absolute atomic E-state index is 0.108. The summed E-state index contributed by atoms with van der Waals surface area (Å²) in [6.07, 6.45) is 5.53. The van der Waals surface area contributed by atoms with E-state index >= 15 is 0 Å². The molecule has 2 aromatic rings. The van der Waals surface area contributed by atoms with E-state index in [2.05, 4.69) is 24.3 Å². The van der Waals surface area contributed by atoms with Gasteiger partial charge in [0.1, 0.15) is 5.82 Å². The Hall–Kier alpha value is -1.91. The molecule has 1 aliphatic rings. The summed E-state index contributed by atoms with van der Waals surface area (Å²) in [5.74, 6) is 0.870. The van der Waals surface area contributed by atoms with E-state index in [0.717, 1.165) is 37.7 Å². The van der Waals surface area contributed by atoms with Crippen LogP contribution in [0.3, 0.4) is 0 Å². The summed E-state index contributed by atoms with van der Waals surface area (Å²) in [5.41, 5.74) is 1.59. The van der Waals surface area contributed by atoms with Crippen molar-refractivity contribution >= 4 is 17.5 Å². The SMILES string of the molecule is CN(C)C(c1cccc(F)c1)C1CCC(CCNC(=O)c2ccccc2Cl)CC1. The third-order valence-corrected chi connectivity index (χ3v) is 6.37. The highest BCUT2D eigenvalue weighted by Crippen LogP contribution is 2.40. The quantitative estimate of drug-likeness (QED) is 0.627. The standard InChI is InChI=1S/C24H30ClFN2O/c1-28(2)23(19-6-5-7-20(26)16-19)18-12-10-17(11-13-18)14-15-27-24(29)21-8-3-4-9-22(21)25/h3-9,16-18,23H,10-15H2,1-2H3,(H,27,29). The maximum atomic E-state index is 13.7. The summed E-state index contributed by atoms with van der Waals surface area (Å²) in [6, 6.07) is 14.4. The number of hydrogen-bond acceptors (Lipinski definition) is 2. The van der Waals surface area contributed by atoms with Gasteiger partial charge in [-0.1, -0.05) is 48.7 Å². The van der Waals surface area contributed by atoms with Gasteiger partial charge in [-0.3, -0.25) is 4.79 Å². The summed E-state index contributed by atoms with van der Waals surface area (Å²) in [4.78, 5) is 14.5. The molecule has 5 heteroatoms. The van der Waals surface area contributed by atoms with Crippen molar-refractivity contribution in [2.45, 2.75) is 38.1 Å². The molecule has 156 valence electrons. The molecule has 0 aliphatic heterocycles. The average Bonchev–Trinajstić information content (AvgIpc) is 2.69. The predicted molar refractivity (Wildman–Crippen MR) is 117 cm³/mol. The van der Waals surface area contributed by atoms with Crippen LogP contribution in [0.5, 0.6) is 0 Å². The highest BCUT2D eigenvalue weighted by Gasteiger charge is 2.30. The minimum atomic E-state index is -0.169. The molecule has 0 radical (unpaired) electrons. The molecular formula is C24H30ClFN2O. The molecule has 1 N–H and O–H groups in total. The molecule has 1 fully saturated rings. The van der Waals surface area contributed by atoms with Gasteiger partial charge in [-0.15, -0.1) is 0 Å². The van der Waals surface area contributed by atoms with Gasteiger partial charge < -0.3 is 10.2 Å².